The van der Waals surface area contributed by atoms with Crippen LogP contribution in [0.15, 0.2) is 0 Å². The van der Waals surface area contributed by atoms with Crippen LogP contribution in [0.2, 0.25) is 0 Å². The van der Waals surface area contributed by atoms with Crippen molar-refractivity contribution in [3.05, 3.63) is 0 Å². The second kappa shape index (κ2) is 21.2. The van der Waals surface area contributed by atoms with Crippen molar-refractivity contribution in [2.45, 2.75) is 264 Å². The van der Waals surface area contributed by atoms with Gasteiger partial charge in [0.25, 0.3) is 0 Å². The lowest BCUT2D eigenvalue weighted by Gasteiger charge is -2.47. The van der Waals surface area contributed by atoms with Crippen molar-refractivity contribution in [1.29, 1.82) is 0 Å². The summed E-state index contributed by atoms with van der Waals surface area (Å²) in [5.74, 6) is -7.27. The zero-order valence-corrected chi connectivity index (χ0v) is 39.7. The number of hydrogen-bond donors (Lipinski definition) is 4. The molecular formula is C48H87N3O8. The monoisotopic (exact) mass is 834 g/mol. The SMILES string of the molecule is CCCCCCCCCCCCCC(C(=O)OC1CC(C)(C)NC(C)(C)C1)C(C(=O)OC1CC(C)(C)NC(C)(C)C1)C(CC(=O)O)C(=O)OC1CC(C)(C)NC(C)(C)C1. The van der Waals surface area contributed by atoms with E-state index in [9.17, 15) is 24.3 Å². The third-order valence-electron chi connectivity index (χ3n) is 12.6. The first-order valence-electron chi connectivity index (χ1n) is 23.3. The minimum absolute atomic E-state index is 0.271. The Hall–Kier alpha value is -2.24. The average Bonchev–Trinajstić information content (AvgIpc) is 3.01. The van der Waals surface area contributed by atoms with Gasteiger partial charge in [-0.1, -0.05) is 77.6 Å². The van der Waals surface area contributed by atoms with Crippen LogP contribution in [0.3, 0.4) is 0 Å². The molecule has 3 atom stereocenters. The minimum atomic E-state index is -1.45. The first-order chi connectivity index (χ1) is 27.1. The Bertz CT molecular complexity index is 1340. The molecule has 4 N–H and O–H groups in total. The number of nitrogens with one attached hydrogen (secondary N) is 3. The van der Waals surface area contributed by atoms with E-state index in [1.807, 2.05) is 0 Å². The smallest absolute Gasteiger partial charge is 0.310 e. The topological polar surface area (TPSA) is 152 Å². The van der Waals surface area contributed by atoms with Crippen LogP contribution in [0.1, 0.15) is 212 Å². The number of unbranched alkanes of at least 4 members (excludes halogenated alkanes) is 10. The number of aliphatic carboxylic acids is 1. The highest BCUT2D eigenvalue weighted by Gasteiger charge is 2.50. The highest BCUT2D eigenvalue weighted by molar-refractivity contribution is 5.89. The van der Waals surface area contributed by atoms with E-state index in [-0.39, 0.29) is 39.7 Å². The van der Waals surface area contributed by atoms with Crippen molar-refractivity contribution in [3.8, 4) is 0 Å². The molecule has 3 aliphatic heterocycles. The summed E-state index contributed by atoms with van der Waals surface area (Å²) in [7, 11) is 0. The second-order valence-electron chi connectivity index (χ2n) is 22.7. The molecule has 3 saturated heterocycles. The molecule has 3 aliphatic rings. The highest BCUT2D eigenvalue weighted by atomic mass is 16.6. The standard InChI is InChI=1S/C48H87N3O8/c1-14-15-16-17-18-19-20-21-22-23-24-25-36(40(54)57-33-27-43(2,3)49-44(4,5)28-33)39(42(56)59-35-31-47(10,11)51-48(12,13)32-35)37(26-38(52)53)41(55)58-34-29-45(6,7)50-46(8,9)30-34/h33-37,39,49-51H,14-32H2,1-13H3,(H,52,53). The molecular weight excluding hydrogens is 747 g/mol. The fraction of sp³-hybridized carbons (Fsp3) is 0.917. The maximum Gasteiger partial charge on any atom is 0.310 e. The number of carboxylic acid groups (broad SMARTS) is 1. The predicted molar refractivity (Wildman–Crippen MR) is 235 cm³/mol. The molecule has 0 amide bonds. The molecule has 0 aliphatic carbocycles. The molecule has 11 nitrogen and oxygen atoms in total. The summed E-state index contributed by atoms with van der Waals surface area (Å²) >= 11 is 0. The number of ether oxygens (including phenoxy) is 3. The number of rotatable bonds is 22. The molecule has 59 heavy (non-hydrogen) atoms. The van der Waals surface area contributed by atoms with Crippen LogP contribution in [0.4, 0.5) is 0 Å². The Balaban J connectivity index is 2.00. The lowest BCUT2D eigenvalue weighted by Crippen LogP contribution is -2.60. The lowest BCUT2D eigenvalue weighted by molar-refractivity contribution is -0.181. The van der Waals surface area contributed by atoms with Crippen molar-refractivity contribution >= 4 is 23.9 Å². The van der Waals surface area contributed by atoms with Crippen LogP contribution in [0, 0.1) is 17.8 Å². The van der Waals surface area contributed by atoms with Crippen molar-refractivity contribution in [2.75, 3.05) is 0 Å². The summed E-state index contributed by atoms with van der Waals surface area (Å²) in [6.07, 6.45) is 13.7. The van der Waals surface area contributed by atoms with E-state index in [0.717, 1.165) is 25.7 Å². The first kappa shape index (κ1) is 51.1. The number of carbonyl (C=O) groups excluding carboxylic acids is 3. The Labute approximate surface area is 358 Å². The van der Waals surface area contributed by atoms with Crippen molar-refractivity contribution in [2.24, 2.45) is 17.8 Å². The summed E-state index contributed by atoms with van der Waals surface area (Å²) < 4.78 is 19.0. The normalized spacial score (nSPS) is 24.0. The molecule has 3 rings (SSSR count). The third-order valence-corrected chi connectivity index (χ3v) is 12.6. The van der Waals surface area contributed by atoms with Gasteiger partial charge in [-0.15, -0.1) is 0 Å². The van der Waals surface area contributed by atoms with Gasteiger partial charge in [0.05, 0.1) is 24.2 Å². The molecule has 0 spiro atoms. The van der Waals surface area contributed by atoms with Crippen LogP contribution in [-0.4, -0.2) is 80.5 Å². The van der Waals surface area contributed by atoms with Crippen LogP contribution in [0.5, 0.6) is 0 Å². The van der Waals surface area contributed by atoms with Gasteiger partial charge in [0.1, 0.15) is 18.3 Å². The molecule has 0 bridgehead atoms. The maximum atomic E-state index is 14.9. The van der Waals surface area contributed by atoms with Crippen LogP contribution in [0.25, 0.3) is 0 Å². The van der Waals surface area contributed by atoms with E-state index in [0.29, 0.717) is 44.9 Å². The zero-order chi connectivity index (χ0) is 44.5. The zero-order valence-electron chi connectivity index (χ0n) is 39.7. The molecule has 342 valence electrons. The molecule has 0 radical (unpaired) electrons. The average molecular weight is 834 g/mol. The Morgan fingerprint density at radius 2 is 0.763 bits per heavy atom. The Morgan fingerprint density at radius 1 is 0.475 bits per heavy atom. The molecule has 0 aromatic carbocycles. The van der Waals surface area contributed by atoms with Gasteiger partial charge in [-0.25, -0.2) is 0 Å². The molecule has 3 unspecified atom stereocenters. The molecule has 0 aromatic rings. The summed E-state index contributed by atoms with van der Waals surface area (Å²) in [5, 5.41) is 21.2. The fourth-order valence-electron chi connectivity index (χ4n) is 11.3. The van der Waals surface area contributed by atoms with Gasteiger partial charge in [-0.3, -0.25) is 19.2 Å². The summed E-state index contributed by atoms with van der Waals surface area (Å²) in [6.45, 7) is 27.0. The Morgan fingerprint density at radius 3 is 1.08 bits per heavy atom. The van der Waals surface area contributed by atoms with Gasteiger partial charge in [0.15, 0.2) is 0 Å². The van der Waals surface area contributed by atoms with Gasteiger partial charge in [-0.05, 0) is 89.5 Å². The van der Waals surface area contributed by atoms with Gasteiger partial charge in [0, 0.05) is 71.8 Å². The quantitative estimate of drug-likeness (QED) is 0.0469. The molecule has 3 fully saturated rings. The summed E-state index contributed by atoms with van der Waals surface area (Å²) in [5.41, 5.74) is -2.01. The van der Waals surface area contributed by atoms with Crippen molar-refractivity contribution < 1.29 is 38.5 Å². The second-order valence-corrected chi connectivity index (χ2v) is 22.7. The molecule has 0 aromatic heterocycles. The third kappa shape index (κ3) is 17.9. The van der Waals surface area contributed by atoms with Crippen molar-refractivity contribution in [1.82, 2.24) is 16.0 Å². The number of piperidine rings is 3. The van der Waals surface area contributed by atoms with Crippen LogP contribution >= 0.6 is 0 Å². The maximum absolute atomic E-state index is 14.9. The molecule has 3 heterocycles. The fourth-order valence-corrected chi connectivity index (χ4v) is 11.3. The minimum Gasteiger partial charge on any atom is -0.481 e. The van der Waals surface area contributed by atoms with Crippen LogP contribution < -0.4 is 16.0 Å². The number of carboxylic acids is 1. The van der Waals surface area contributed by atoms with Crippen LogP contribution in [-0.2, 0) is 33.4 Å². The van der Waals surface area contributed by atoms with Crippen molar-refractivity contribution in [3.63, 3.8) is 0 Å². The van der Waals surface area contributed by atoms with Gasteiger partial charge in [-0.2, -0.15) is 0 Å². The van der Waals surface area contributed by atoms with E-state index >= 15 is 0 Å². The van der Waals surface area contributed by atoms with Gasteiger partial charge >= 0.3 is 23.9 Å². The summed E-state index contributed by atoms with van der Waals surface area (Å²) in [6, 6.07) is 0. The Kier molecular flexibility index (Phi) is 18.4. The lowest BCUT2D eigenvalue weighted by atomic mass is 9.76. The van der Waals surface area contributed by atoms with E-state index < -0.39 is 66.4 Å². The van der Waals surface area contributed by atoms with E-state index in [1.54, 1.807) is 0 Å². The number of esters is 3. The predicted octanol–water partition coefficient (Wildman–Crippen LogP) is 9.57. The first-order valence-corrected chi connectivity index (χ1v) is 23.3. The number of carbonyl (C=O) groups is 4. The van der Waals surface area contributed by atoms with E-state index in [2.05, 4.69) is 106 Å². The van der Waals surface area contributed by atoms with Gasteiger partial charge < -0.3 is 35.3 Å². The van der Waals surface area contributed by atoms with E-state index in [1.165, 1.54) is 38.5 Å². The van der Waals surface area contributed by atoms with E-state index in [4.69, 9.17) is 14.2 Å². The summed E-state index contributed by atoms with van der Waals surface area (Å²) in [4.78, 5) is 57.0. The largest absolute Gasteiger partial charge is 0.481 e. The molecule has 0 saturated carbocycles. The number of hydrogen-bond acceptors (Lipinski definition) is 10. The highest BCUT2D eigenvalue weighted by Crippen LogP contribution is 2.39. The molecule has 11 heteroatoms. The van der Waals surface area contributed by atoms with Gasteiger partial charge in [0.2, 0.25) is 0 Å².